The van der Waals surface area contributed by atoms with Gasteiger partial charge in [0.15, 0.2) is 0 Å². The molecule has 0 saturated carbocycles. The fourth-order valence-electron chi connectivity index (χ4n) is 1.48. The van der Waals surface area contributed by atoms with E-state index in [2.05, 4.69) is 5.32 Å². The van der Waals surface area contributed by atoms with Gasteiger partial charge >= 0.3 is 0 Å². The van der Waals surface area contributed by atoms with Crippen molar-refractivity contribution in [2.75, 3.05) is 26.3 Å². The standard InChI is InChI=1S/C7H13NO3.ClH/c9-5-3-10-6-1-8-2-7(6)11-4-5;/h5-9H,1-4H2;1H/t6-,7-;/m0./s1. The molecular weight excluding hydrogens is 182 g/mol. The van der Waals surface area contributed by atoms with Crippen LogP contribution in [0.25, 0.3) is 0 Å². The average Bonchev–Trinajstić information content (AvgIpc) is 2.38. The average molecular weight is 196 g/mol. The SMILES string of the molecule is Cl.OC1CO[C@H]2CNC[C@@H]2OC1. The first-order chi connectivity index (χ1) is 5.36. The van der Waals surface area contributed by atoms with E-state index in [-0.39, 0.29) is 24.6 Å². The predicted octanol–water partition coefficient (Wildman–Crippen LogP) is -0.844. The summed E-state index contributed by atoms with van der Waals surface area (Å²) in [6.07, 6.45) is -0.153. The van der Waals surface area contributed by atoms with Crippen LogP contribution >= 0.6 is 12.4 Å². The first kappa shape index (κ1) is 10.2. The number of ether oxygens (including phenoxy) is 2. The fourth-order valence-corrected chi connectivity index (χ4v) is 1.48. The monoisotopic (exact) mass is 195 g/mol. The third kappa shape index (κ3) is 2.08. The lowest BCUT2D eigenvalue weighted by molar-refractivity contribution is -0.00461. The van der Waals surface area contributed by atoms with Crippen molar-refractivity contribution in [3.63, 3.8) is 0 Å². The van der Waals surface area contributed by atoms with Crippen molar-refractivity contribution in [2.24, 2.45) is 0 Å². The van der Waals surface area contributed by atoms with E-state index in [4.69, 9.17) is 9.47 Å². The Balaban J connectivity index is 0.000000720. The van der Waals surface area contributed by atoms with Gasteiger partial charge in [0.05, 0.1) is 25.4 Å². The molecule has 2 fully saturated rings. The Bertz CT molecular complexity index is 133. The Morgan fingerprint density at radius 2 is 1.58 bits per heavy atom. The van der Waals surface area contributed by atoms with Crippen LogP contribution in [0, 0.1) is 0 Å². The van der Waals surface area contributed by atoms with E-state index in [1.54, 1.807) is 0 Å². The zero-order chi connectivity index (χ0) is 7.68. The lowest BCUT2D eigenvalue weighted by Crippen LogP contribution is -2.27. The molecule has 2 atom stereocenters. The molecular formula is C7H14ClNO3. The highest BCUT2D eigenvalue weighted by Crippen LogP contribution is 2.13. The van der Waals surface area contributed by atoms with E-state index in [0.717, 1.165) is 13.1 Å². The third-order valence-electron chi connectivity index (χ3n) is 2.11. The molecule has 0 amide bonds. The minimum Gasteiger partial charge on any atom is -0.388 e. The van der Waals surface area contributed by atoms with Gasteiger partial charge in [0.1, 0.15) is 6.10 Å². The number of nitrogens with one attached hydrogen (secondary N) is 1. The van der Waals surface area contributed by atoms with Crippen LogP contribution in [0.15, 0.2) is 0 Å². The van der Waals surface area contributed by atoms with Crippen LogP contribution in [0.5, 0.6) is 0 Å². The maximum absolute atomic E-state index is 9.17. The Morgan fingerprint density at radius 3 is 2.08 bits per heavy atom. The third-order valence-corrected chi connectivity index (χ3v) is 2.11. The molecule has 0 unspecified atom stereocenters. The van der Waals surface area contributed by atoms with Crippen molar-refractivity contribution in [1.29, 1.82) is 0 Å². The first-order valence-corrected chi connectivity index (χ1v) is 3.98. The van der Waals surface area contributed by atoms with Gasteiger partial charge in [-0.2, -0.15) is 0 Å². The van der Waals surface area contributed by atoms with Gasteiger partial charge in [0, 0.05) is 13.1 Å². The molecule has 2 saturated heterocycles. The molecule has 2 aliphatic heterocycles. The number of hydrogen-bond acceptors (Lipinski definition) is 4. The summed E-state index contributed by atoms with van der Waals surface area (Å²) in [5.41, 5.74) is 0. The second-order valence-corrected chi connectivity index (χ2v) is 3.06. The first-order valence-electron chi connectivity index (χ1n) is 3.98. The van der Waals surface area contributed by atoms with E-state index >= 15 is 0 Å². The second-order valence-electron chi connectivity index (χ2n) is 3.06. The summed E-state index contributed by atoms with van der Waals surface area (Å²) >= 11 is 0. The normalized spacial score (nSPS) is 36.8. The van der Waals surface area contributed by atoms with Gasteiger partial charge < -0.3 is 19.9 Å². The quantitative estimate of drug-likeness (QED) is 0.529. The lowest BCUT2D eigenvalue weighted by Gasteiger charge is -2.13. The number of aliphatic hydroxyl groups excluding tert-OH is 1. The topological polar surface area (TPSA) is 50.7 Å². The second kappa shape index (κ2) is 4.39. The molecule has 72 valence electrons. The smallest absolute Gasteiger partial charge is 0.101 e. The molecule has 2 aliphatic rings. The van der Waals surface area contributed by atoms with Crippen molar-refractivity contribution < 1.29 is 14.6 Å². The van der Waals surface area contributed by atoms with Gasteiger partial charge in [-0.3, -0.25) is 0 Å². The molecule has 0 aromatic rings. The summed E-state index contributed by atoms with van der Waals surface area (Å²) in [5, 5.41) is 12.3. The molecule has 5 heteroatoms. The van der Waals surface area contributed by atoms with E-state index in [0.29, 0.717) is 13.2 Å². The molecule has 0 spiro atoms. The molecule has 2 N–H and O–H groups in total. The summed E-state index contributed by atoms with van der Waals surface area (Å²) in [4.78, 5) is 0. The summed E-state index contributed by atoms with van der Waals surface area (Å²) in [5.74, 6) is 0. The number of fused-ring (bicyclic) bond motifs is 1. The number of aliphatic hydroxyl groups is 1. The molecule has 2 rings (SSSR count). The van der Waals surface area contributed by atoms with Gasteiger partial charge in [-0.1, -0.05) is 0 Å². The van der Waals surface area contributed by atoms with Crippen LogP contribution in [0.4, 0.5) is 0 Å². The van der Waals surface area contributed by atoms with E-state index in [9.17, 15) is 5.11 Å². The van der Waals surface area contributed by atoms with Crippen LogP contribution in [0.1, 0.15) is 0 Å². The molecule has 0 aliphatic carbocycles. The molecule has 12 heavy (non-hydrogen) atoms. The maximum Gasteiger partial charge on any atom is 0.101 e. The molecule has 4 nitrogen and oxygen atoms in total. The van der Waals surface area contributed by atoms with Crippen molar-refractivity contribution >= 4 is 12.4 Å². The van der Waals surface area contributed by atoms with Gasteiger partial charge in [-0.05, 0) is 0 Å². The number of halogens is 1. The fraction of sp³-hybridized carbons (Fsp3) is 1.00. The highest BCUT2D eigenvalue weighted by Gasteiger charge is 2.31. The van der Waals surface area contributed by atoms with Gasteiger partial charge in [-0.25, -0.2) is 0 Å². The van der Waals surface area contributed by atoms with Crippen molar-refractivity contribution in [1.82, 2.24) is 5.32 Å². The van der Waals surface area contributed by atoms with E-state index < -0.39 is 6.10 Å². The molecule has 0 bridgehead atoms. The number of hydrogen-bond donors (Lipinski definition) is 2. The van der Waals surface area contributed by atoms with Crippen LogP contribution in [0.3, 0.4) is 0 Å². The zero-order valence-electron chi connectivity index (χ0n) is 6.73. The summed E-state index contributed by atoms with van der Waals surface area (Å²) < 4.78 is 10.8. The molecule has 0 radical (unpaired) electrons. The molecule has 2 heterocycles. The van der Waals surface area contributed by atoms with Gasteiger partial charge in [0.25, 0.3) is 0 Å². The van der Waals surface area contributed by atoms with Crippen molar-refractivity contribution in [3.8, 4) is 0 Å². The Morgan fingerprint density at radius 1 is 1.08 bits per heavy atom. The van der Waals surface area contributed by atoms with Crippen molar-refractivity contribution in [2.45, 2.75) is 18.3 Å². The Labute approximate surface area is 77.6 Å². The summed E-state index contributed by atoms with van der Waals surface area (Å²) in [7, 11) is 0. The Hall–Kier alpha value is 0.130. The van der Waals surface area contributed by atoms with Crippen LogP contribution < -0.4 is 5.32 Å². The summed E-state index contributed by atoms with van der Waals surface area (Å²) in [6.45, 7) is 2.50. The highest BCUT2D eigenvalue weighted by atomic mass is 35.5. The van der Waals surface area contributed by atoms with Crippen LogP contribution in [-0.4, -0.2) is 49.7 Å². The van der Waals surface area contributed by atoms with E-state index in [1.165, 1.54) is 0 Å². The zero-order valence-corrected chi connectivity index (χ0v) is 7.55. The van der Waals surface area contributed by atoms with Gasteiger partial charge in [-0.15, -0.1) is 12.4 Å². The molecule has 0 aromatic carbocycles. The van der Waals surface area contributed by atoms with E-state index in [1.807, 2.05) is 0 Å². The van der Waals surface area contributed by atoms with Crippen LogP contribution in [0.2, 0.25) is 0 Å². The maximum atomic E-state index is 9.17. The molecule has 0 aromatic heterocycles. The van der Waals surface area contributed by atoms with Crippen molar-refractivity contribution in [3.05, 3.63) is 0 Å². The highest BCUT2D eigenvalue weighted by molar-refractivity contribution is 5.85. The van der Waals surface area contributed by atoms with Gasteiger partial charge in [0.2, 0.25) is 0 Å². The minimum absolute atomic E-state index is 0. The van der Waals surface area contributed by atoms with Crippen LogP contribution in [-0.2, 0) is 9.47 Å². The minimum atomic E-state index is -0.444. The predicted molar refractivity (Wildman–Crippen MR) is 45.6 cm³/mol. The largest absolute Gasteiger partial charge is 0.388 e. The number of rotatable bonds is 0. The summed E-state index contributed by atoms with van der Waals surface area (Å²) in [6, 6.07) is 0. The lowest BCUT2D eigenvalue weighted by atomic mass is 10.3. The Kier molecular flexibility index (Phi) is 3.74.